The van der Waals surface area contributed by atoms with E-state index in [-0.39, 0.29) is 22.6 Å². The maximum atomic E-state index is 13.4. The van der Waals surface area contributed by atoms with Crippen LogP contribution in [0.5, 0.6) is 5.75 Å². The van der Waals surface area contributed by atoms with E-state index in [2.05, 4.69) is 40.7 Å². The van der Waals surface area contributed by atoms with Gasteiger partial charge in [0.15, 0.2) is 0 Å². The van der Waals surface area contributed by atoms with Gasteiger partial charge < -0.3 is 10.1 Å². The van der Waals surface area contributed by atoms with E-state index >= 15 is 0 Å². The number of aromatic nitrogens is 1. The van der Waals surface area contributed by atoms with Crippen LogP contribution in [0.25, 0.3) is 11.1 Å². The van der Waals surface area contributed by atoms with Gasteiger partial charge in [0.05, 0.1) is 30.1 Å². The van der Waals surface area contributed by atoms with Crippen molar-refractivity contribution in [1.29, 1.82) is 5.26 Å². The van der Waals surface area contributed by atoms with Crippen LogP contribution in [0.2, 0.25) is 0 Å². The number of pyridine rings is 1. The van der Waals surface area contributed by atoms with Gasteiger partial charge in [0.1, 0.15) is 11.8 Å². The number of hydrogen-bond acceptors (Lipinski definition) is 6. The quantitative estimate of drug-likeness (QED) is 0.366. The van der Waals surface area contributed by atoms with Crippen molar-refractivity contribution in [2.45, 2.75) is 78.3 Å². The van der Waals surface area contributed by atoms with Gasteiger partial charge in [0.25, 0.3) is 11.8 Å². The molecule has 4 rings (SSSR count). The van der Waals surface area contributed by atoms with Gasteiger partial charge in [-0.25, -0.2) is 5.01 Å². The Bertz CT molecular complexity index is 1470. The number of amides is 2. The zero-order valence-corrected chi connectivity index (χ0v) is 25.0. The molecule has 2 atom stereocenters. The van der Waals surface area contributed by atoms with E-state index in [0.717, 1.165) is 35.2 Å². The Labute approximate surface area is 242 Å². The van der Waals surface area contributed by atoms with Crippen LogP contribution in [0, 0.1) is 18.3 Å². The van der Waals surface area contributed by atoms with Gasteiger partial charge in [0.2, 0.25) is 0 Å². The molecule has 0 spiro atoms. The minimum absolute atomic E-state index is 0.129. The lowest BCUT2D eigenvalue weighted by Crippen LogP contribution is -2.54. The van der Waals surface area contributed by atoms with Crippen molar-refractivity contribution < 1.29 is 14.3 Å². The van der Waals surface area contributed by atoms with E-state index in [0.29, 0.717) is 28.9 Å². The summed E-state index contributed by atoms with van der Waals surface area (Å²) in [6.07, 6.45) is 4.91. The number of methoxy groups -OCH3 is 1. The second kappa shape index (κ2) is 12.1. The number of aryl methyl sites for hydroxylation is 1. The Morgan fingerprint density at radius 2 is 1.71 bits per heavy atom. The van der Waals surface area contributed by atoms with E-state index in [9.17, 15) is 14.9 Å². The Balaban J connectivity index is 1.56. The van der Waals surface area contributed by atoms with Crippen molar-refractivity contribution in [1.82, 2.24) is 15.4 Å². The Kier molecular flexibility index (Phi) is 8.79. The predicted molar refractivity (Wildman–Crippen MR) is 161 cm³/mol. The number of benzene rings is 2. The second-order valence-corrected chi connectivity index (χ2v) is 11.8. The highest BCUT2D eigenvalue weighted by Crippen LogP contribution is 2.33. The summed E-state index contributed by atoms with van der Waals surface area (Å²) in [4.78, 5) is 30.9. The van der Waals surface area contributed by atoms with Crippen molar-refractivity contribution in [3.8, 4) is 22.9 Å². The van der Waals surface area contributed by atoms with Crippen LogP contribution in [0.3, 0.4) is 0 Å². The van der Waals surface area contributed by atoms with Gasteiger partial charge in [0, 0.05) is 28.9 Å². The first-order valence-corrected chi connectivity index (χ1v) is 14.0. The molecule has 0 aliphatic carbocycles. The molecule has 1 aliphatic rings. The molecule has 8 heteroatoms. The van der Waals surface area contributed by atoms with Gasteiger partial charge >= 0.3 is 0 Å². The highest BCUT2D eigenvalue weighted by Gasteiger charge is 2.27. The lowest BCUT2D eigenvalue weighted by atomic mass is 9.84. The van der Waals surface area contributed by atoms with E-state index in [1.807, 2.05) is 45.9 Å². The molecule has 41 heavy (non-hydrogen) atoms. The summed E-state index contributed by atoms with van der Waals surface area (Å²) in [6, 6.07) is 15.5. The van der Waals surface area contributed by atoms with Crippen LogP contribution < -0.4 is 15.5 Å². The molecule has 0 bridgehead atoms. The molecule has 1 aliphatic heterocycles. The zero-order chi connectivity index (χ0) is 29.9. The van der Waals surface area contributed by atoms with Crippen LogP contribution in [0.4, 0.5) is 5.69 Å². The van der Waals surface area contributed by atoms with E-state index in [1.54, 1.807) is 30.5 Å². The molecule has 2 unspecified atom stereocenters. The first-order chi connectivity index (χ1) is 19.4. The molecular weight excluding hydrogens is 514 g/mol. The van der Waals surface area contributed by atoms with E-state index in [1.165, 1.54) is 13.5 Å². The molecule has 2 aromatic carbocycles. The molecule has 2 amide bonds. The highest BCUT2D eigenvalue weighted by atomic mass is 16.5. The normalized spacial score (nSPS) is 17.4. The molecule has 2 N–H and O–H groups in total. The summed E-state index contributed by atoms with van der Waals surface area (Å²) in [6.45, 7) is 12.3. The fourth-order valence-electron chi connectivity index (χ4n) is 5.25. The number of hydrogen-bond donors (Lipinski definition) is 2. The minimum Gasteiger partial charge on any atom is -0.495 e. The zero-order valence-electron chi connectivity index (χ0n) is 25.0. The second-order valence-electron chi connectivity index (χ2n) is 11.8. The fourth-order valence-corrected chi connectivity index (χ4v) is 5.25. The van der Waals surface area contributed by atoms with Gasteiger partial charge in [-0.2, -0.15) is 5.26 Å². The summed E-state index contributed by atoms with van der Waals surface area (Å²) in [5.41, 5.74) is 7.85. The number of carbonyl (C=O) groups is 2. The third-order valence-corrected chi connectivity index (χ3v) is 7.75. The van der Waals surface area contributed by atoms with E-state index in [4.69, 9.17) is 4.74 Å². The molecule has 1 fully saturated rings. The summed E-state index contributed by atoms with van der Waals surface area (Å²) < 4.78 is 5.46. The number of hydrazine groups is 1. The summed E-state index contributed by atoms with van der Waals surface area (Å²) >= 11 is 0. The molecule has 1 saturated heterocycles. The third-order valence-electron chi connectivity index (χ3n) is 7.75. The Hall–Kier alpha value is -4.22. The van der Waals surface area contributed by atoms with Crippen molar-refractivity contribution in [3.05, 3.63) is 76.6 Å². The lowest BCUT2D eigenvalue weighted by Gasteiger charge is -2.38. The smallest absolute Gasteiger partial charge is 0.265 e. The van der Waals surface area contributed by atoms with Crippen molar-refractivity contribution >= 4 is 17.5 Å². The first kappa shape index (κ1) is 29.8. The van der Waals surface area contributed by atoms with Gasteiger partial charge in [-0.1, -0.05) is 39.3 Å². The average molecular weight is 554 g/mol. The molecule has 214 valence electrons. The van der Waals surface area contributed by atoms with Crippen LogP contribution in [-0.4, -0.2) is 41.0 Å². The van der Waals surface area contributed by atoms with Gasteiger partial charge in [-0.3, -0.25) is 20.0 Å². The number of rotatable bonds is 6. The molecule has 0 saturated carbocycles. The Morgan fingerprint density at radius 1 is 1.05 bits per heavy atom. The molecule has 2 heterocycles. The van der Waals surface area contributed by atoms with Crippen molar-refractivity contribution in [2.75, 3.05) is 12.4 Å². The summed E-state index contributed by atoms with van der Waals surface area (Å²) in [5.74, 6) is -0.286. The maximum absolute atomic E-state index is 13.4. The molecule has 0 radical (unpaired) electrons. The van der Waals surface area contributed by atoms with Crippen LogP contribution >= 0.6 is 0 Å². The topological polar surface area (TPSA) is 107 Å². The molecule has 3 aromatic rings. The molecular formula is C33H39N5O3. The van der Waals surface area contributed by atoms with Crippen molar-refractivity contribution in [3.63, 3.8) is 0 Å². The number of anilines is 1. The SMILES string of the molecule is COc1c(C#N)cc(C(C)(C)C)cc1C(=O)Nc1cnc(C)c(-c2ccc(C(=O)NN3C(C)CCCC3C)cc2)c1. The van der Waals surface area contributed by atoms with Gasteiger partial charge in [-0.15, -0.1) is 0 Å². The average Bonchev–Trinajstić information content (AvgIpc) is 2.94. The highest BCUT2D eigenvalue weighted by molar-refractivity contribution is 6.07. The number of nitrogens with one attached hydrogen (secondary N) is 2. The third kappa shape index (κ3) is 6.58. The molecule has 8 nitrogen and oxygen atoms in total. The predicted octanol–water partition coefficient (Wildman–Crippen LogP) is 6.39. The first-order valence-electron chi connectivity index (χ1n) is 14.0. The largest absolute Gasteiger partial charge is 0.495 e. The van der Waals surface area contributed by atoms with E-state index < -0.39 is 5.91 Å². The fraction of sp³-hybridized carbons (Fsp3) is 0.394. The standard InChI is InChI=1S/C33H39N5O3/c1-20-9-8-10-21(2)38(20)37-31(39)24-13-11-23(12-14-24)28-17-27(19-35-22(28)3)36-32(40)29-16-26(33(4,5)6)15-25(18-34)30(29)41-7/h11-17,19-21H,8-10H2,1-7H3,(H,36,40)(H,37,39). The van der Waals surface area contributed by atoms with Crippen LogP contribution in [0.15, 0.2) is 48.7 Å². The summed E-state index contributed by atoms with van der Waals surface area (Å²) in [5, 5.41) is 14.7. The number of piperidine rings is 1. The number of nitrogens with zero attached hydrogens (tertiary/aromatic N) is 3. The Morgan fingerprint density at radius 3 is 2.29 bits per heavy atom. The lowest BCUT2D eigenvalue weighted by molar-refractivity contribution is 0.0370. The van der Waals surface area contributed by atoms with Crippen LogP contribution in [-0.2, 0) is 5.41 Å². The molecule has 1 aromatic heterocycles. The maximum Gasteiger partial charge on any atom is 0.265 e. The van der Waals surface area contributed by atoms with Crippen LogP contribution in [0.1, 0.15) is 91.4 Å². The van der Waals surface area contributed by atoms with Crippen molar-refractivity contribution in [2.24, 2.45) is 0 Å². The number of ether oxygens (including phenoxy) is 1. The summed E-state index contributed by atoms with van der Waals surface area (Å²) in [7, 11) is 1.45. The van der Waals surface area contributed by atoms with Gasteiger partial charge in [-0.05, 0) is 80.5 Å². The number of carbonyl (C=O) groups excluding carboxylic acids is 2. The number of nitriles is 1. The monoisotopic (exact) mass is 553 g/mol. The minimum atomic E-state index is -0.394.